The molecule has 6 heteroatoms. The van der Waals surface area contributed by atoms with Gasteiger partial charge in [0.05, 0.1) is 10.9 Å². The van der Waals surface area contributed by atoms with E-state index in [2.05, 4.69) is 27.3 Å². The molecule has 1 amide bonds. The lowest BCUT2D eigenvalue weighted by Gasteiger charge is -2.15. The van der Waals surface area contributed by atoms with Crippen LogP contribution in [0.1, 0.15) is 29.3 Å². The van der Waals surface area contributed by atoms with Gasteiger partial charge in [-0.25, -0.2) is 4.98 Å². The number of aromatic nitrogens is 2. The standard InChI is InChI=1S/C21H24N4O2/c1-14-7-9-25(13-14)10-8-22-20(26)16-11-18-19(24-27-21(18)23-12-16)17-6-4-3-5-15(17)2/h3-6,11-12,14H,7-10,13H2,1-2H3,(H,22,26). The Balaban J connectivity index is 1.50. The summed E-state index contributed by atoms with van der Waals surface area (Å²) in [4.78, 5) is 19.2. The molecule has 6 nitrogen and oxygen atoms in total. The largest absolute Gasteiger partial charge is 0.351 e. The zero-order valence-corrected chi connectivity index (χ0v) is 15.7. The maximum Gasteiger partial charge on any atom is 0.258 e. The van der Waals surface area contributed by atoms with E-state index in [1.807, 2.05) is 37.3 Å². The minimum Gasteiger partial charge on any atom is -0.351 e. The van der Waals surface area contributed by atoms with Gasteiger partial charge in [-0.2, -0.15) is 0 Å². The van der Waals surface area contributed by atoms with Gasteiger partial charge in [-0.05, 0) is 37.4 Å². The summed E-state index contributed by atoms with van der Waals surface area (Å²) in [6.07, 6.45) is 2.78. The van der Waals surface area contributed by atoms with E-state index in [0.717, 1.165) is 47.8 Å². The van der Waals surface area contributed by atoms with Gasteiger partial charge in [0.2, 0.25) is 0 Å². The highest BCUT2D eigenvalue weighted by Gasteiger charge is 2.19. The van der Waals surface area contributed by atoms with Crippen LogP contribution in [0, 0.1) is 12.8 Å². The van der Waals surface area contributed by atoms with E-state index in [-0.39, 0.29) is 5.91 Å². The van der Waals surface area contributed by atoms with Crippen LogP contribution in [0.5, 0.6) is 0 Å². The lowest BCUT2D eigenvalue weighted by molar-refractivity contribution is 0.0949. The lowest BCUT2D eigenvalue weighted by Crippen LogP contribution is -2.33. The van der Waals surface area contributed by atoms with E-state index < -0.39 is 0 Å². The van der Waals surface area contributed by atoms with Crippen LogP contribution in [0.2, 0.25) is 0 Å². The van der Waals surface area contributed by atoms with Gasteiger partial charge in [0.25, 0.3) is 11.6 Å². The van der Waals surface area contributed by atoms with Crippen molar-refractivity contribution in [1.82, 2.24) is 20.4 Å². The zero-order valence-electron chi connectivity index (χ0n) is 15.7. The number of carbonyl (C=O) groups excluding carboxylic acids is 1. The summed E-state index contributed by atoms with van der Waals surface area (Å²) in [5, 5.41) is 7.92. The Labute approximate surface area is 158 Å². The molecule has 0 aliphatic carbocycles. The molecule has 1 aromatic carbocycles. The van der Waals surface area contributed by atoms with E-state index in [0.29, 0.717) is 17.8 Å². The second-order valence-electron chi connectivity index (χ2n) is 7.37. The van der Waals surface area contributed by atoms with E-state index in [9.17, 15) is 4.79 Å². The monoisotopic (exact) mass is 364 g/mol. The highest BCUT2D eigenvalue weighted by molar-refractivity contribution is 5.99. The third kappa shape index (κ3) is 3.71. The van der Waals surface area contributed by atoms with Crippen molar-refractivity contribution in [2.45, 2.75) is 20.3 Å². The highest BCUT2D eigenvalue weighted by atomic mass is 16.5. The Hall–Kier alpha value is -2.73. The molecule has 4 rings (SSSR count). The van der Waals surface area contributed by atoms with Gasteiger partial charge in [0.1, 0.15) is 5.69 Å². The minimum atomic E-state index is -0.117. The number of benzene rings is 1. The van der Waals surface area contributed by atoms with Gasteiger partial charge in [-0.1, -0.05) is 36.3 Å². The summed E-state index contributed by atoms with van der Waals surface area (Å²) in [6.45, 7) is 8.05. The quantitative estimate of drug-likeness (QED) is 0.752. The number of carbonyl (C=O) groups is 1. The Bertz CT molecular complexity index is 966. The number of fused-ring (bicyclic) bond motifs is 1. The molecule has 1 aliphatic heterocycles. The van der Waals surface area contributed by atoms with Crippen LogP contribution in [-0.2, 0) is 0 Å². The number of rotatable bonds is 5. The van der Waals surface area contributed by atoms with Gasteiger partial charge in [0.15, 0.2) is 0 Å². The van der Waals surface area contributed by atoms with Crippen molar-refractivity contribution in [1.29, 1.82) is 0 Å². The SMILES string of the molecule is Cc1ccccc1-c1noc2ncc(C(=O)NCCN3CCC(C)C3)cc12. The van der Waals surface area contributed by atoms with Crippen LogP contribution in [0.25, 0.3) is 22.4 Å². The Morgan fingerprint density at radius 3 is 3.00 bits per heavy atom. The van der Waals surface area contributed by atoms with Crippen LogP contribution in [-0.4, -0.2) is 47.1 Å². The summed E-state index contributed by atoms with van der Waals surface area (Å²) in [5.74, 6) is 0.634. The van der Waals surface area contributed by atoms with Crippen molar-refractivity contribution < 1.29 is 9.32 Å². The lowest BCUT2D eigenvalue weighted by atomic mass is 10.0. The van der Waals surface area contributed by atoms with Crippen molar-refractivity contribution in [2.24, 2.45) is 5.92 Å². The molecule has 0 spiro atoms. The molecule has 2 aromatic heterocycles. The van der Waals surface area contributed by atoms with Crippen molar-refractivity contribution in [3.63, 3.8) is 0 Å². The summed E-state index contributed by atoms with van der Waals surface area (Å²) in [6, 6.07) is 9.79. The van der Waals surface area contributed by atoms with Gasteiger partial charge in [-0.3, -0.25) is 4.79 Å². The third-order valence-electron chi connectivity index (χ3n) is 5.21. The number of aryl methyl sites for hydroxylation is 1. The fourth-order valence-corrected chi connectivity index (χ4v) is 3.65. The Morgan fingerprint density at radius 1 is 1.37 bits per heavy atom. The molecular formula is C21H24N4O2. The predicted octanol–water partition coefficient (Wildman–Crippen LogP) is 3.27. The number of hydrogen-bond acceptors (Lipinski definition) is 5. The minimum absolute atomic E-state index is 0.117. The fraction of sp³-hybridized carbons (Fsp3) is 0.381. The van der Waals surface area contributed by atoms with Crippen molar-refractivity contribution in [2.75, 3.05) is 26.2 Å². The van der Waals surface area contributed by atoms with Gasteiger partial charge < -0.3 is 14.7 Å². The highest BCUT2D eigenvalue weighted by Crippen LogP contribution is 2.29. The van der Waals surface area contributed by atoms with Crippen molar-refractivity contribution >= 4 is 17.0 Å². The molecule has 27 heavy (non-hydrogen) atoms. The topological polar surface area (TPSA) is 71.3 Å². The maximum absolute atomic E-state index is 12.5. The molecule has 0 bridgehead atoms. The Kier molecular flexibility index (Phi) is 4.90. The fourth-order valence-electron chi connectivity index (χ4n) is 3.65. The molecule has 3 heterocycles. The van der Waals surface area contributed by atoms with Gasteiger partial charge in [-0.15, -0.1) is 0 Å². The predicted molar refractivity (Wildman–Crippen MR) is 105 cm³/mol. The molecule has 0 saturated carbocycles. The summed E-state index contributed by atoms with van der Waals surface area (Å²) in [5.41, 5.74) is 3.77. The molecule has 0 radical (unpaired) electrons. The number of hydrogen-bond donors (Lipinski definition) is 1. The molecule has 1 atom stereocenters. The first kappa shape index (κ1) is 17.7. The summed E-state index contributed by atoms with van der Waals surface area (Å²) in [7, 11) is 0. The first-order valence-corrected chi connectivity index (χ1v) is 9.44. The summed E-state index contributed by atoms with van der Waals surface area (Å²) < 4.78 is 5.35. The molecule has 1 aliphatic rings. The Morgan fingerprint density at radius 2 is 2.22 bits per heavy atom. The van der Waals surface area contributed by atoms with Crippen LogP contribution < -0.4 is 5.32 Å². The zero-order chi connectivity index (χ0) is 18.8. The smallest absolute Gasteiger partial charge is 0.258 e. The van der Waals surface area contributed by atoms with E-state index in [1.54, 1.807) is 6.20 Å². The molecule has 140 valence electrons. The average molecular weight is 364 g/mol. The molecular weight excluding hydrogens is 340 g/mol. The maximum atomic E-state index is 12.5. The average Bonchev–Trinajstić information content (AvgIpc) is 3.27. The second kappa shape index (κ2) is 7.48. The number of nitrogens with one attached hydrogen (secondary N) is 1. The number of nitrogens with zero attached hydrogens (tertiary/aromatic N) is 3. The second-order valence-corrected chi connectivity index (χ2v) is 7.37. The summed E-state index contributed by atoms with van der Waals surface area (Å²) >= 11 is 0. The molecule has 1 saturated heterocycles. The van der Waals surface area contributed by atoms with Gasteiger partial charge in [0, 0.05) is 31.4 Å². The van der Waals surface area contributed by atoms with Crippen LogP contribution in [0.3, 0.4) is 0 Å². The number of likely N-dealkylation sites (tertiary alicyclic amines) is 1. The van der Waals surface area contributed by atoms with Crippen LogP contribution >= 0.6 is 0 Å². The van der Waals surface area contributed by atoms with Crippen LogP contribution in [0.4, 0.5) is 0 Å². The van der Waals surface area contributed by atoms with Crippen LogP contribution in [0.15, 0.2) is 41.1 Å². The van der Waals surface area contributed by atoms with Crippen molar-refractivity contribution in [3.8, 4) is 11.3 Å². The molecule has 1 N–H and O–H groups in total. The molecule has 1 fully saturated rings. The van der Waals surface area contributed by atoms with Gasteiger partial charge >= 0.3 is 0 Å². The number of amides is 1. The molecule has 3 aromatic rings. The third-order valence-corrected chi connectivity index (χ3v) is 5.21. The normalized spacial score (nSPS) is 17.5. The first-order chi connectivity index (χ1) is 13.1. The van der Waals surface area contributed by atoms with E-state index in [4.69, 9.17) is 4.52 Å². The van der Waals surface area contributed by atoms with Crippen molar-refractivity contribution in [3.05, 3.63) is 47.7 Å². The molecule has 1 unspecified atom stereocenters. The van der Waals surface area contributed by atoms with E-state index in [1.165, 1.54) is 6.42 Å². The first-order valence-electron chi connectivity index (χ1n) is 9.44. The van der Waals surface area contributed by atoms with E-state index >= 15 is 0 Å². The number of pyridine rings is 1.